The summed E-state index contributed by atoms with van der Waals surface area (Å²) in [5.74, 6) is 0.940. The Morgan fingerprint density at radius 2 is 2.17 bits per heavy atom. The fraction of sp³-hybridized carbons (Fsp3) is 0.571. The Balaban J connectivity index is 2.25. The van der Waals surface area contributed by atoms with E-state index in [-0.39, 0.29) is 18.2 Å². The lowest BCUT2D eigenvalue weighted by molar-refractivity contribution is -0.0258. The molecule has 1 aromatic rings. The molecule has 1 aliphatic rings. The van der Waals surface area contributed by atoms with Crippen molar-refractivity contribution in [2.75, 3.05) is 18.1 Å². The topological polar surface area (TPSA) is 111 Å². The van der Waals surface area contributed by atoms with Crippen LogP contribution in [-0.2, 0) is 4.74 Å². The number of nitrogen functional groups attached to an aromatic ring is 1. The number of aliphatic hydroxyl groups is 2. The fourth-order valence-electron chi connectivity index (χ4n) is 2.11. The maximum Gasteiger partial charge on any atom is 0.351 e. The number of rotatable bonds is 6. The van der Waals surface area contributed by atoms with E-state index in [1.54, 1.807) is 0 Å². The first-order valence-electron chi connectivity index (χ1n) is 7.40. The number of thioether (sulfide) groups is 1. The van der Waals surface area contributed by atoms with Crippen molar-refractivity contribution in [3.63, 3.8) is 0 Å². The third-order valence-corrected chi connectivity index (χ3v) is 6.70. The number of aliphatic hydroxyl groups excluding tert-OH is 2. The minimum atomic E-state index is -1.21. The predicted octanol–water partition coefficient (Wildman–Crippen LogP) is 1.56. The third kappa shape index (κ3) is 4.37. The minimum absolute atomic E-state index is 0.0122. The van der Waals surface area contributed by atoms with E-state index in [0.717, 1.165) is 11.8 Å². The summed E-state index contributed by atoms with van der Waals surface area (Å²) in [6, 6.07) is 2.57. The van der Waals surface area contributed by atoms with Crippen LogP contribution < -0.4 is 11.4 Å². The Labute approximate surface area is 140 Å². The predicted molar refractivity (Wildman–Crippen MR) is 94.2 cm³/mol. The zero-order valence-corrected chi connectivity index (χ0v) is 15.3. The van der Waals surface area contributed by atoms with Gasteiger partial charge in [0.05, 0.1) is 11.5 Å². The van der Waals surface area contributed by atoms with Crippen LogP contribution in [0.3, 0.4) is 0 Å². The largest absolute Gasteiger partial charge is 0.508 e. The van der Waals surface area contributed by atoms with Gasteiger partial charge in [0, 0.05) is 14.3 Å². The van der Waals surface area contributed by atoms with E-state index in [1.807, 2.05) is 0 Å². The molecule has 128 valence electrons. The zero-order chi connectivity index (χ0) is 17.2. The average Bonchev–Trinajstić information content (AvgIpc) is 2.75. The monoisotopic (exact) mass is 357 g/mol. The zero-order valence-electron chi connectivity index (χ0n) is 13.5. The summed E-state index contributed by atoms with van der Waals surface area (Å²) >= 11 is 1.46. The number of hydrogen-bond acceptors (Lipinski definition) is 7. The summed E-state index contributed by atoms with van der Waals surface area (Å²) in [6.45, 7) is 6.47. The Morgan fingerprint density at radius 1 is 1.48 bits per heavy atom. The number of nitrogens with two attached hydrogens (primary N) is 1. The summed E-state index contributed by atoms with van der Waals surface area (Å²) in [6.07, 6.45) is -0.111. The van der Waals surface area contributed by atoms with Gasteiger partial charge in [0.15, 0.2) is 6.23 Å². The lowest BCUT2D eigenvalue weighted by Crippen LogP contribution is -2.29. The van der Waals surface area contributed by atoms with Crippen molar-refractivity contribution >= 4 is 25.7 Å². The number of ether oxygens (including phenoxy) is 1. The van der Waals surface area contributed by atoms with Gasteiger partial charge in [-0.15, -0.1) is 11.8 Å². The standard InChI is InChI=1S/C14H23N3O4SSi/c1-23(2,3)7-6-22-12-11(19)9(8-18)21-13(12)17-5-4-10(15)16-14(17)20/h4-5,9,13,18-19H,6-8H2,1-3H3,(H2,15,16,20)/t9-,13-/m1/s1. The van der Waals surface area contributed by atoms with Gasteiger partial charge >= 0.3 is 5.69 Å². The van der Waals surface area contributed by atoms with Crippen molar-refractivity contribution in [2.45, 2.75) is 38.0 Å². The van der Waals surface area contributed by atoms with Gasteiger partial charge in [-0.2, -0.15) is 4.98 Å². The maximum atomic E-state index is 12.0. The summed E-state index contributed by atoms with van der Waals surface area (Å²) in [7, 11) is -1.21. The quantitative estimate of drug-likeness (QED) is 0.663. The Bertz CT molecular complexity index is 656. The first-order valence-corrected chi connectivity index (χ1v) is 12.1. The SMILES string of the molecule is C[Si](C)(C)CCSC1=C(O)[C@@H](CO)O[C@H]1n1ccc(N)nc1=O. The maximum absolute atomic E-state index is 12.0. The van der Waals surface area contributed by atoms with Gasteiger partial charge in [0.25, 0.3) is 0 Å². The summed E-state index contributed by atoms with van der Waals surface area (Å²) < 4.78 is 6.90. The Morgan fingerprint density at radius 3 is 2.74 bits per heavy atom. The molecule has 9 heteroatoms. The highest BCUT2D eigenvalue weighted by molar-refractivity contribution is 8.03. The van der Waals surface area contributed by atoms with Crippen LogP contribution in [0.15, 0.2) is 27.7 Å². The molecule has 0 spiro atoms. The second-order valence-corrected chi connectivity index (χ2v) is 13.4. The molecular formula is C14H23N3O4SSi. The molecule has 0 aromatic carbocycles. The molecule has 2 atom stereocenters. The highest BCUT2D eigenvalue weighted by atomic mass is 32.2. The van der Waals surface area contributed by atoms with Crippen LogP contribution >= 0.6 is 11.8 Å². The van der Waals surface area contributed by atoms with Crippen molar-refractivity contribution in [1.82, 2.24) is 9.55 Å². The van der Waals surface area contributed by atoms with Crippen molar-refractivity contribution in [3.05, 3.63) is 33.4 Å². The minimum Gasteiger partial charge on any atom is -0.508 e. The van der Waals surface area contributed by atoms with Crippen LogP contribution in [0.2, 0.25) is 25.7 Å². The summed E-state index contributed by atoms with van der Waals surface area (Å²) in [5, 5.41) is 19.6. The molecule has 1 aromatic heterocycles. The molecule has 0 radical (unpaired) electrons. The average molecular weight is 358 g/mol. The molecular weight excluding hydrogens is 334 g/mol. The molecule has 0 amide bonds. The van der Waals surface area contributed by atoms with Gasteiger partial charge in [0.1, 0.15) is 17.7 Å². The van der Waals surface area contributed by atoms with Crippen LogP contribution in [0.1, 0.15) is 6.23 Å². The number of hydrogen-bond donors (Lipinski definition) is 3. The molecule has 4 N–H and O–H groups in total. The highest BCUT2D eigenvalue weighted by Gasteiger charge is 2.36. The van der Waals surface area contributed by atoms with E-state index in [9.17, 15) is 15.0 Å². The third-order valence-electron chi connectivity index (χ3n) is 3.45. The molecule has 1 aliphatic heterocycles. The lowest BCUT2D eigenvalue weighted by atomic mass is 10.3. The van der Waals surface area contributed by atoms with Gasteiger partial charge < -0.3 is 20.7 Å². The molecule has 0 unspecified atom stereocenters. The Kier molecular flexibility index (Phi) is 5.56. The van der Waals surface area contributed by atoms with Crippen molar-refractivity contribution in [1.29, 1.82) is 0 Å². The first kappa shape index (κ1) is 18.1. The van der Waals surface area contributed by atoms with Crippen LogP contribution in [0.25, 0.3) is 0 Å². The van der Waals surface area contributed by atoms with Crippen LogP contribution in [0, 0.1) is 0 Å². The molecule has 23 heavy (non-hydrogen) atoms. The summed E-state index contributed by atoms with van der Waals surface area (Å²) in [4.78, 5) is 16.3. The van der Waals surface area contributed by atoms with Gasteiger partial charge in [-0.25, -0.2) is 4.79 Å². The van der Waals surface area contributed by atoms with Crippen molar-refractivity contribution < 1.29 is 14.9 Å². The van der Waals surface area contributed by atoms with Gasteiger partial charge in [-0.05, 0) is 17.9 Å². The second kappa shape index (κ2) is 7.08. The Hall–Kier alpha value is -1.29. The molecule has 0 fully saturated rings. The normalized spacial score (nSPS) is 21.9. The van der Waals surface area contributed by atoms with Gasteiger partial charge in [-0.1, -0.05) is 19.6 Å². The molecule has 2 heterocycles. The molecule has 2 rings (SSSR count). The van der Waals surface area contributed by atoms with E-state index in [1.165, 1.54) is 28.6 Å². The van der Waals surface area contributed by atoms with Crippen LogP contribution in [0.5, 0.6) is 0 Å². The van der Waals surface area contributed by atoms with Crippen LogP contribution in [0.4, 0.5) is 5.82 Å². The van der Waals surface area contributed by atoms with Gasteiger partial charge in [-0.3, -0.25) is 4.57 Å². The molecule has 0 bridgehead atoms. The molecule has 7 nitrogen and oxygen atoms in total. The highest BCUT2D eigenvalue weighted by Crippen LogP contribution is 2.40. The number of aromatic nitrogens is 2. The molecule has 0 saturated heterocycles. The fourth-order valence-corrected chi connectivity index (χ4v) is 5.77. The van der Waals surface area contributed by atoms with E-state index in [0.29, 0.717) is 4.91 Å². The van der Waals surface area contributed by atoms with Crippen molar-refractivity contribution in [3.8, 4) is 0 Å². The smallest absolute Gasteiger partial charge is 0.351 e. The van der Waals surface area contributed by atoms with Crippen LogP contribution in [-0.4, -0.2) is 46.3 Å². The second-order valence-electron chi connectivity index (χ2n) is 6.61. The van der Waals surface area contributed by atoms with E-state index < -0.39 is 26.1 Å². The first-order chi connectivity index (χ1) is 10.7. The molecule has 0 saturated carbocycles. The number of nitrogens with zero attached hydrogens (tertiary/aromatic N) is 2. The number of anilines is 1. The van der Waals surface area contributed by atoms with E-state index in [2.05, 4.69) is 24.6 Å². The summed E-state index contributed by atoms with van der Waals surface area (Å²) in [5.41, 5.74) is 4.95. The van der Waals surface area contributed by atoms with E-state index >= 15 is 0 Å². The van der Waals surface area contributed by atoms with Gasteiger partial charge in [0.2, 0.25) is 0 Å². The lowest BCUT2D eigenvalue weighted by Gasteiger charge is -2.19. The van der Waals surface area contributed by atoms with E-state index in [4.69, 9.17) is 10.5 Å². The molecule has 0 aliphatic carbocycles. The van der Waals surface area contributed by atoms with Crippen molar-refractivity contribution in [2.24, 2.45) is 0 Å².